The molecular formula is C13H19N3O. The van der Waals surface area contributed by atoms with Crippen molar-refractivity contribution < 1.29 is 4.79 Å². The highest BCUT2D eigenvalue weighted by molar-refractivity contribution is 5.93. The number of carbonyl (C=O) groups excluding carboxylic acids is 1. The lowest BCUT2D eigenvalue weighted by Gasteiger charge is -2.22. The van der Waals surface area contributed by atoms with Crippen LogP contribution in [0.25, 0.3) is 0 Å². The summed E-state index contributed by atoms with van der Waals surface area (Å²) < 4.78 is 0. The molecule has 0 aliphatic carbocycles. The van der Waals surface area contributed by atoms with Crippen molar-refractivity contribution >= 4 is 5.91 Å². The molecule has 1 saturated heterocycles. The summed E-state index contributed by atoms with van der Waals surface area (Å²) >= 11 is 0. The molecule has 1 aliphatic rings. The Morgan fingerprint density at radius 2 is 2.53 bits per heavy atom. The van der Waals surface area contributed by atoms with E-state index in [1.54, 1.807) is 24.5 Å². The van der Waals surface area contributed by atoms with E-state index in [9.17, 15) is 4.79 Å². The summed E-state index contributed by atoms with van der Waals surface area (Å²) in [6, 6.07) is 4.07. The van der Waals surface area contributed by atoms with Crippen LogP contribution in [0.2, 0.25) is 0 Å². The Kier molecular flexibility index (Phi) is 4.09. The minimum Gasteiger partial charge on any atom is -0.350 e. The Morgan fingerprint density at radius 1 is 1.65 bits per heavy atom. The number of carbonyl (C=O) groups is 1. The third kappa shape index (κ3) is 3.03. The van der Waals surface area contributed by atoms with Gasteiger partial charge in [-0.05, 0) is 38.1 Å². The van der Waals surface area contributed by atoms with Gasteiger partial charge in [0, 0.05) is 25.0 Å². The van der Waals surface area contributed by atoms with Crippen molar-refractivity contribution in [3.63, 3.8) is 0 Å². The molecule has 0 bridgehead atoms. The summed E-state index contributed by atoms with van der Waals surface area (Å²) in [5.74, 6) is -0.0268. The van der Waals surface area contributed by atoms with E-state index in [0.29, 0.717) is 11.6 Å². The average molecular weight is 233 g/mol. The number of aromatic nitrogens is 1. The number of amides is 1. The van der Waals surface area contributed by atoms with Crippen LogP contribution in [0.15, 0.2) is 24.5 Å². The van der Waals surface area contributed by atoms with Crippen molar-refractivity contribution in [1.29, 1.82) is 0 Å². The summed E-state index contributed by atoms with van der Waals surface area (Å²) in [7, 11) is 0. The van der Waals surface area contributed by atoms with Crippen LogP contribution >= 0.6 is 0 Å². The van der Waals surface area contributed by atoms with Gasteiger partial charge in [0.2, 0.25) is 0 Å². The SMILES string of the molecule is CCN1CCC[C@H]1CNC(=O)c1cccnc1. The molecule has 2 heterocycles. The van der Waals surface area contributed by atoms with Crippen molar-refractivity contribution in [1.82, 2.24) is 15.2 Å². The third-order valence-electron chi connectivity index (χ3n) is 3.33. The van der Waals surface area contributed by atoms with Gasteiger partial charge in [0.25, 0.3) is 5.91 Å². The summed E-state index contributed by atoms with van der Waals surface area (Å²) in [6.45, 7) is 5.13. The molecule has 92 valence electrons. The predicted octanol–water partition coefficient (Wildman–Crippen LogP) is 1.30. The second kappa shape index (κ2) is 5.77. The number of hydrogen-bond acceptors (Lipinski definition) is 3. The van der Waals surface area contributed by atoms with Crippen LogP contribution in [0.5, 0.6) is 0 Å². The zero-order chi connectivity index (χ0) is 12.1. The lowest BCUT2D eigenvalue weighted by Crippen LogP contribution is -2.40. The fourth-order valence-electron chi connectivity index (χ4n) is 2.35. The van der Waals surface area contributed by atoms with E-state index >= 15 is 0 Å². The summed E-state index contributed by atoms with van der Waals surface area (Å²) in [4.78, 5) is 18.2. The van der Waals surface area contributed by atoms with Gasteiger partial charge in [0.05, 0.1) is 5.56 Å². The van der Waals surface area contributed by atoms with Gasteiger partial charge in [-0.25, -0.2) is 0 Å². The topological polar surface area (TPSA) is 45.2 Å². The van der Waals surface area contributed by atoms with E-state index in [2.05, 4.69) is 22.1 Å². The van der Waals surface area contributed by atoms with Gasteiger partial charge in [-0.15, -0.1) is 0 Å². The summed E-state index contributed by atoms with van der Waals surface area (Å²) in [5, 5.41) is 2.98. The van der Waals surface area contributed by atoms with Crippen LogP contribution in [-0.2, 0) is 0 Å². The number of likely N-dealkylation sites (tertiary alicyclic amines) is 1. The largest absolute Gasteiger partial charge is 0.350 e. The standard InChI is InChI=1S/C13H19N3O/c1-2-16-8-4-6-12(16)10-15-13(17)11-5-3-7-14-9-11/h3,5,7,9,12H,2,4,6,8,10H2,1H3,(H,15,17)/t12-/m0/s1. The molecule has 1 aromatic heterocycles. The maximum atomic E-state index is 11.8. The van der Waals surface area contributed by atoms with Crippen molar-refractivity contribution in [3.8, 4) is 0 Å². The molecule has 0 unspecified atom stereocenters. The van der Waals surface area contributed by atoms with Crippen LogP contribution in [-0.4, -0.2) is 41.5 Å². The monoisotopic (exact) mass is 233 g/mol. The molecular weight excluding hydrogens is 214 g/mol. The number of rotatable bonds is 4. The van der Waals surface area contributed by atoms with Gasteiger partial charge < -0.3 is 5.32 Å². The Bertz CT molecular complexity index is 366. The van der Waals surface area contributed by atoms with E-state index in [1.807, 2.05) is 0 Å². The average Bonchev–Trinajstić information content (AvgIpc) is 2.84. The molecule has 17 heavy (non-hydrogen) atoms. The second-order valence-electron chi connectivity index (χ2n) is 4.38. The first-order chi connectivity index (χ1) is 8.31. The molecule has 4 nitrogen and oxygen atoms in total. The van der Waals surface area contributed by atoms with Crippen molar-refractivity contribution in [2.24, 2.45) is 0 Å². The highest BCUT2D eigenvalue weighted by Gasteiger charge is 2.23. The molecule has 1 atom stereocenters. The number of nitrogens with one attached hydrogen (secondary N) is 1. The maximum Gasteiger partial charge on any atom is 0.252 e. The number of pyridine rings is 1. The van der Waals surface area contributed by atoms with Crippen LogP contribution in [0.4, 0.5) is 0 Å². The number of nitrogens with zero attached hydrogens (tertiary/aromatic N) is 2. The second-order valence-corrected chi connectivity index (χ2v) is 4.38. The normalized spacial score (nSPS) is 20.4. The number of likely N-dealkylation sites (N-methyl/N-ethyl adjacent to an activating group) is 1. The first-order valence-electron chi connectivity index (χ1n) is 6.23. The molecule has 0 saturated carbocycles. The van der Waals surface area contributed by atoms with Gasteiger partial charge in [-0.3, -0.25) is 14.7 Å². The maximum absolute atomic E-state index is 11.8. The minimum atomic E-state index is -0.0268. The molecule has 1 aromatic rings. The van der Waals surface area contributed by atoms with Crippen molar-refractivity contribution in [2.75, 3.05) is 19.6 Å². The fraction of sp³-hybridized carbons (Fsp3) is 0.538. The van der Waals surface area contributed by atoms with E-state index in [0.717, 1.165) is 19.6 Å². The van der Waals surface area contributed by atoms with E-state index in [4.69, 9.17) is 0 Å². The minimum absolute atomic E-state index is 0.0268. The molecule has 1 N–H and O–H groups in total. The van der Waals surface area contributed by atoms with Gasteiger partial charge >= 0.3 is 0 Å². The van der Waals surface area contributed by atoms with Gasteiger partial charge in [0.15, 0.2) is 0 Å². The van der Waals surface area contributed by atoms with E-state index in [1.165, 1.54) is 12.8 Å². The molecule has 4 heteroatoms. The lowest BCUT2D eigenvalue weighted by atomic mass is 10.2. The molecule has 2 rings (SSSR count). The predicted molar refractivity (Wildman–Crippen MR) is 66.8 cm³/mol. The highest BCUT2D eigenvalue weighted by atomic mass is 16.1. The van der Waals surface area contributed by atoms with Crippen LogP contribution in [0.1, 0.15) is 30.1 Å². The van der Waals surface area contributed by atoms with E-state index < -0.39 is 0 Å². The molecule has 0 radical (unpaired) electrons. The Hall–Kier alpha value is -1.42. The first-order valence-corrected chi connectivity index (χ1v) is 6.23. The van der Waals surface area contributed by atoms with Gasteiger partial charge in [-0.2, -0.15) is 0 Å². The molecule has 1 amide bonds. The lowest BCUT2D eigenvalue weighted by molar-refractivity contribution is 0.0941. The Balaban J connectivity index is 1.84. The van der Waals surface area contributed by atoms with Crippen molar-refractivity contribution in [2.45, 2.75) is 25.8 Å². The molecule has 0 aromatic carbocycles. The zero-order valence-corrected chi connectivity index (χ0v) is 10.2. The number of hydrogen-bond donors (Lipinski definition) is 1. The van der Waals surface area contributed by atoms with Crippen LogP contribution in [0, 0.1) is 0 Å². The summed E-state index contributed by atoms with van der Waals surface area (Å²) in [6.07, 6.45) is 5.69. The van der Waals surface area contributed by atoms with Gasteiger partial charge in [-0.1, -0.05) is 6.92 Å². The quantitative estimate of drug-likeness (QED) is 0.852. The smallest absolute Gasteiger partial charge is 0.252 e. The third-order valence-corrected chi connectivity index (χ3v) is 3.33. The molecule has 1 fully saturated rings. The van der Waals surface area contributed by atoms with Crippen LogP contribution < -0.4 is 5.32 Å². The first kappa shape index (κ1) is 12.0. The highest BCUT2D eigenvalue weighted by Crippen LogP contribution is 2.15. The Morgan fingerprint density at radius 3 is 3.24 bits per heavy atom. The Labute approximate surface area is 102 Å². The van der Waals surface area contributed by atoms with Crippen LogP contribution in [0.3, 0.4) is 0 Å². The molecule has 0 spiro atoms. The van der Waals surface area contributed by atoms with Gasteiger partial charge in [0.1, 0.15) is 0 Å². The van der Waals surface area contributed by atoms with Crippen molar-refractivity contribution in [3.05, 3.63) is 30.1 Å². The van der Waals surface area contributed by atoms with E-state index in [-0.39, 0.29) is 5.91 Å². The molecule has 1 aliphatic heterocycles. The zero-order valence-electron chi connectivity index (χ0n) is 10.2. The summed E-state index contributed by atoms with van der Waals surface area (Å²) in [5.41, 5.74) is 0.633. The fourth-order valence-corrected chi connectivity index (χ4v) is 2.35.